The second kappa shape index (κ2) is 7.07. The molecule has 0 radical (unpaired) electrons. The summed E-state index contributed by atoms with van der Waals surface area (Å²) in [7, 11) is 0. The highest BCUT2D eigenvalue weighted by Gasteiger charge is 2.12. The summed E-state index contributed by atoms with van der Waals surface area (Å²) >= 11 is 0. The number of ether oxygens (including phenoxy) is 1. The van der Waals surface area contributed by atoms with E-state index in [1.165, 1.54) is 6.07 Å². The van der Waals surface area contributed by atoms with E-state index in [1.807, 2.05) is 18.2 Å². The number of benzene rings is 1. The number of anilines is 2. The van der Waals surface area contributed by atoms with Gasteiger partial charge < -0.3 is 15.0 Å². The minimum absolute atomic E-state index is 0.312. The van der Waals surface area contributed by atoms with Gasteiger partial charge in [-0.05, 0) is 35.9 Å². The van der Waals surface area contributed by atoms with E-state index in [4.69, 9.17) is 10.00 Å². The van der Waals surface area contributed by atoms with Gasteiger partial charge in [0, 0.05) is 25.8 Å². The van der Waals surface area contributed by atoms with Gasteiger partial charge in [0.1, 0.15) is 11.6 Å². The molecule has 0 spiro atoms. The Morgan fingerprint density at radius 2 is 2.09 bits per heavy atom. The van der Waals surface area contributed by atoms with Gasteiger partial charge in [0.25, 0.3) is 0 Å². The number of hydrogen-bond donors (Lipinski definition) is 1. The molecule has 0 saturated carbocycles. The van der Waals surface area contributed by atoms with Crippen LogP contribution in [0.5, 0.6) is 0 Å². The van der Waals surface area contributed by atoms with Crippen LogP contribution in [0.1, 0.15) is 11.1 Å². The summed E-state index contributed by atoms with van der Waals surface area (Å²) in [5.74, 6) is 0.486. The maximum atomic E-state index is 13.9. The molecule has 1 aliphatic rings. The first-order chi connectivity index (χ1) is 11.3. The molecule has 3 rings (SSSR count). The number of nitrogens with one attached hydrogen (secondary N) is 1. The lowest BCUT2D eigenvalue weighted by Crippen LogP contribution is -2.36. The summed E-state index contributed by atoms with van der Waals surface area (Å²) in [4.78, 5) is 6.57. The molecule has 0 atom stereocenters. The maximum absolute atomic E-state index is 13.9. The van der Waals surface area contributed by atoms with Crippen molar-refractivity contribution in [3.05, 3.63) is 53.5 Å². The summed E-state index contributed by atoms with van der Waals surface area (Å²) in [6.45, 7) is 3.56. The van der Waals surface area contributed by atoms with E-state index in [9.17, 15) is 4.39 Å². The molecule has 2 aromatic rings. The summed E-state index contributed by atoms with van der Waals surface area (Å²) in [6.07, 6.45) is 1.76. The van der Waals surface area contributed by atoms with Crippen LogP contribution in [0, 0.1) is 17.1 Å². The molecule has 0 bridgehead atoms. The van der Waals surface area contributed by atoms with Crippen molar-refractivity contribution >= 4 is 11.5 Å². The van der Waals surface area contributed by atoms with Gasteiger partial charge in [-0.2, -0.15) is 5.26 Å². The van der Waals surface area contributed by atoms with Crippen molar-refractivity contribution in [3.63, 3.8) is 0 Å². The third kappa shape index (κ3) is 3.76. The number of hydrogen-bond acceptors (Lipinski definition) is 5. The van der Waals surface area contributed by atoms with E-state index in [0.717, 1.165) is 24.5 Å². The summed E-state index contributed by atoms with van der Waals surface area (Å²) < 4.78 is 19.2. The van der Waals surface area contributed by atoms with Gasteiger partial charge >= 0.3 is 0 Å². The number of morpholine rings is 1. The average molecular weight is 312 g/mol. The quantitative estimate of drug-likeness (QED) is 0.940. The summed E-state index contributed by atoms with van der Waals surface area (Å²) in [5.41, 5.74) is 1.71. The van der Waals surface area contributed by atoms with Crippen LogP contribution in [0.4, 0.5) is 15.9 Å². The number of aromatic nitrogens is 1. The fourth-order valence-electron chi connectivity index (χ4n) is 2.46. The Kier molecular flexibility index (Phi) is 4.69. The Balaban J connectivity index is 1.67. The molecular formula is C17H17FN4O. The minimum Gasteiger partial charge on any atom is -0.379 e. The molecule has 1 saturated heterocycles. The molecule has 1 aromatic heterocycles. The van der Waals surface area contributed by atoms with Gasteiger partial charge in [0.15, 0.2) is 0 Å². The molecule has 2 heterocycles. The topological polar surface area (TPSA) is 61.2 Å². The highest BCUT2D eigenvalue weighted by molar-refractivity contribution is 5.50. The van der Waals surface area contributed by atoms with Crippen molar-refractivity contribution < 1.29 is 9.13 Å². The van der Waals surface area contributed by atoms with Crippen LogP contribution in [-0.4, -0.2) is 31.3 Å². The third-order valence-electron chi connectivity index (χ3n) is 3.73. The summed E-state index contributed by atoms with van der Waals surface area (Å²) in [6, 6.07) is 10.2. The lowest BCUT2D eigenvalue weighted by molar-refractivity contribution is 0.122. The molecule has 0 aliphatic carbocycles. The Morgan fingerprint density at radius 1 is 1.26 bits per heavy atom. The average Bonchev–Trinajstić information content (AvgIpc) is 2.61. The van der Waals surface area contributed by atoms with Gasteiger partial charge in [0.05, 0.1) is 30.5 Å². The molecule has 1 N–H and O–H groups in total. The zero-order valence-corrected chi connectivity index (χ0v) is 12.6. The molecule has 0 amide bonds. The monoisotopic (exact) mass is 312 g/mol. The first-order valence-corrected chi connectivity index (χ1v) is 7.47. The van der Waals surface area contributed by atoms with Crippen LogP contribution in [0.2, 0.25) is 0 Å². The van der Waals surface area contributed by atoms with Crippen LogP contribution in [0.15, 0.2) is 36.5 Å². The smallest absolute Gasteiger partial charge is 0.147 e. The number of pyridine rings is 1. The van der Waals surface area contributed by atoms with Gasteiger partial charge in [-0.1, -0.05) is 0 Å². The van der Waals surface area contributed by atoms with Crippen LogP contribution < -0.4 is 10.2 Å². The number of nitrogens with zero attached hydrogens (tertiary/aromatic N) is 3. The first-order valence-electron chi connectivity index (χ1n) is 7.47. The van der Waals surface area contributed by atoms with Crippen LogP contribution in [0.3, 0.4) is 0 Å². The van der Waals surface area contributed by atoms with Crippen molar-refractivity contribution in [2.45, 2.75) is 6.54 Å². The second-order valence-corrected chi connectivity index (χ2v) is 5.28. The summed E-state index contributed by atoms with van der Waals surface area (Å²) in [5, 5.41) is 11.8. The predicted octanol–water partition coefficient (Wildman–Crippen LogP) is 2.54. The molecule has 1 aromatic carbocycles. The molecular weight excluding hydrogens is 295 g/mol. The van der Waals surface area contributed by atoms with E-state index in [2.05, 4.69) is 15.2 Å². The lowest BCUT2D eigenvalue weighted by atomic mass is 10.2. The van der Waals surface area contributed by atoms with Crippen LogP contribution >= 0.6 is 0 Å². The van der Waals surface area contributed by atoms with Gasteiger partial charge in [-0.3, -0.25) is 0 Å². The molecule has 0 unspecified atom stereocenters. The highest BCUT2D eigenvalue weighted by atomic mass is 19.1. The van der Waals surface area contributed by atoms with E-state index in [-0.39, 0.29) is 0 Å². The molecule has 23 heavy (non-hydrogen) atoms. The van der Waals surface area contributed by atoms with Crippen LogP contribution in [0.25, 0.3) is 0 Å². The Labute approximate surface area is 134 Å². The second-order valence-electron chi connectivity index (χ2n) is 5.28. The fourth-order valence-corrected chi connectivity index (χ4v) is 2.46. The number of nitriles is 1. The van der Waals surface area contributed by atoms with Gasteiger partial charge in [-0.25, -0.2) is 9.37 Å². The predicted molar refractivity (Wildman–Crippen MR) is 85.7 cm³/mol. The molecule has 118 valence electrons. The van der Waals surface area contributed by atoms with E-state index in [0.29, 0.717) is 31.0 Å². The Bertz CT molecular complexity index is 723. The highest BCUT2D eigenvalue weighted by Crippen LogP contribution is 2.18. The normalized spacial score (nSPS) is 14.3. The van der Waals surface area contributed by atoms with Gasteiger partial charge in [0.2, 0.25) is 0 Å². The fraction of sp³-hybridized carbons (Fsp3) is 0.294. The Morgan fingerprint density at radius 3 is 2.83 bits per heavy atom. The van der Waals surface area contributed by atoms with Crippen molar-refractivity contribution in [3.8, 4) is 6.07 Å². The van der Waals surface area contributed by atoms with Crippen molar-refractivity contribution in [1.82, 2.24) is 4.98 Å². The van der Waals surface area contributed by atoms with E-state index >= 15 is 0 Å². The number of halogens is 1. The maximum Gasteiger partial charge on any atom is 0.147 e. The first kappa shape index (κ1) is 15.3. The largest absolute Gasteiger partial charge is 0.379 e. The SMILES string of the molecule is N#Cc1ccc(NCc2ccnc(N3CCOCC3)c2)c(F)c1. The molecule has 1 fully saturated rings. The van der Waals surface area contributed by atoms with Crippen LogP contribution in [-0.2, 0) is 11.3 Å². The third-order valence-corrected chi connectivity index (χ3v) is 3.73. The van der Waals surface area contributed by atoms with Crippen molar-refractivity contribution in [2.75, 3.05) is 36.5 Å². The molecule has 5 nitrogen and oxygen atoms in total. The van der Waals surface area contributed by atoms with E-state index in [1.54, 1.807) is 18.3 Å². The lowest BCUT2D eigenvalue weighted by Gasteiger charge is -2.28. The van der Waals surface area contributed by atoms with Crippen molar-refractivity contribution in [1.29, 1.82) is 5.26 Å². The molecule has 1 aliphatic heterocycles. The number of rotatable bonds is 4. The minimum atomic E-state index is -0.425. The zero-order valence-electron chi connectivity index (χ0n) is 12.6. The standard InChI is InChI=1S/C17H17FN4O/c18-15-9-13(11-19)1-2-16(15)21-12-14-3-4-20-17(10-14)22-5-7-23-8-6-22/h1-4,9-10,21H,5-8,12H2. The Hall–Kier alpha value is -2.65. The molecule has 6 heteroatoms. The van der Waals surface area contributed by atoms with E-state index < -0.39 is 5.82 Å². The van der Waals surface area contributed by atoms with Crippen molar-refractivity contribution in [2.24, 2.45) is 0 Å². The zero-order chi connectivity index (χ0) is 16.1. The van der Waals surface area contributed by atoms with Gasteiger partial charge in [-0.15, -0.1) is 0 Å².